The van der Waals surface area contributed by atoms with Crippen LogP contribution in [0.1, 0.15) is 30.4 Å². The monoisotopic (exact) mass is 342 g/mol. The van der Waals surface area contributed by atoms with Gasteiger partial charge in [-0.1, -0.05) is 30.2 Å². The summed E-state index contributed by atoms with van der Waals surface area (Å²) in [5.41, 5.74) is 0.853. The van der Waals surface area contributed by atoms with Crippen molar-refractivity contribution in [1.29, 1.82) is 5.26 Å². The third-order valence-corrected chi connectivity index (χ3v) is 4.97. The van der Waals surface area contributed by atoms with Crippen molar-refractivity contribution >= 4 is 23.2 Å². The highest BCUT2D eigenvalue weighted by Gasteiger charge is 2.47. The third-order valence-electron chi connectivity index (χ3n) is 4.74. The van der Waals surface area contributed by atoms with Crippen LogP contribution in [0.25, 0.3) is 0 Å². The standard InChI is InChI=1S/C19H16ClFN2O/c1-23(17-7-6-15(20)11-16(17)21)18(24)19(8-3-9-19)14-5-2-4-13(10-14)12-22/h2,4-7,10-11H,3,8-9H2,1H3. The van der Waals surface area contributed by atoms with Gasteiger partial charge in [0, 0.05) is 12.1 Å². The van der Waals surface area contributed by atoms with E-state index in [1.807, 2.05) is 6.07 Å². The molecule has 0 atom stereocenters. The van der Waals surface area contributed by atoms with Gasteiger partial charge in [0.1, 0.15) is 5.82 Å². The SMILES string of the molecule is CN(C(=O)C1(c2cccc(C#N)c2)CCC1)c1ccc(Cl)cc1F. The number of hydrogen-bond donors (Lipinski definition) is 0. The van der Waals surface area contributed by atoms with E-state index in [4.69, 9.17) is 16.9 Å². The van der Waals surface area contributed by atoms with Crippen molar-refractivity contribution in [2.24, 2.45) is 0 Å². The summed E-state index contributed by atoms with van der Waals surface area (Å²) in [5.74, 6) is -0.691. The largest absolute Gasteiger partial charge is 0.312 e. The Bertz CT molecular complexity index is 840. The van der Waals surface area contributed by atoms with E-state index in [1.165, 1.54) is 17.0 Å². The number of rotatable bonds is 3. The molecule has 122 valence electrons. The first-order valence-corrected chi connectivity index (χ1v) is 8.09. The van der Waals surface area contributed by atoms with Gasteiger partial charge in [0.15, 0.2) is 0 Å². The number of benzene rings is 2. The average molecular weight is 343 g/mol. The van der Waals surface area contributed by atoms with Crippen molar-refractivity contribution in [2.75, 3.05) is 11.9 Å². The van der Waals surface area contributed by atoms with Crippen LogP contribution in [0.5, 0.6) is 0 Å². The maximum absolute atomic E-state index is 14.2. The fraction of sp³-hybridized carbons (Fsp3) is 0.263. The van der Waals surface area contributed by atoms with E-state index in [1.54, 1.807) is 31.3 Å². The molecule has 1 aliphatic rings. The molecule has 0 bridgehead atoms. The average Bonchev–Trinajstić information content (AvgIpc) is 2.53. The highest BCUT2D eigenvalue weighted by Crippen LogP contribution is 2.46. The van der Waals surface area contributed by atoms with Gasteiger partial charge < -0.3 is 4.90 Å². The van der Waals surface area contributed by atoms with Gasteiger partial charge >= 0.3 is 0 Å². The van der Waals surface area contributed by atoms with Crippen LogP contribution < -0.4 is 4.90 Å². The van der Waals surface area contributed by atoms with Crippen molar-refractivity contribution in [3.63, 3.8) is 0 Å². The Kier molecular flexibility index (Phi) is 4.29. The molecule has 2 aromatic carbocycles. The second-order valence-electron chi connectivity index (χ2n) is 6.09. The summed E-state index contributed by atoms with van der Waals surface area (Å²) in [6.45, 7) is 0. The lowest BCUT2D eigenvalue weighted by atomic mass is 9.63. The van der Waals surface area contributed by atoms with E-state index in [2.05, 4.69) is 6.07 Å². The first-order chi connectivity index (χ1) is 11.5. The van der Waals surface area contributed by atoms with E-state index < -0.39 is 11.2 Å². The first-order valence-electron chi connectivity index (χ1n) is 7.72. The highest BCUT2D eigenvalue weighted by atomic mass is 35.5. The lowest BCUT2D eigenvalue weighted by Crippen LogP contribution is -2.50. The number of nitrogens with zero attached hydrogens (tertiary/aromatic N) is 2. The van der Waals surface area contributed by atoms with Gasteiger partial charge in [-0.15, -0.1) is 0 Å². The molecule has 0 heterocycles. The summed E-state index contributed by atoms with van der Waals surface area (Å²) in [7, 11) is 1.57. The van der Waals surface area contributed by atoms with Gasteiger partial charge in [0.05, 0.1) is 22.7 Å². The predicted octanol–water partition coefficient (Wildman–Crippen LogP) is 4.44. The zero-order chi connectivity index (χ0) is 17.3. The van der Waals surface area contributed by atoms with Crippen LogP contribution in [-0.2, 0) is 10.2 Å². The molecule has 1 amide bonds. The van der Waals surface area contributed by atoms with Crippen LogP contribution in [0.3, 0.4) is 0 Å². The minimum Gasteiger partial charge on any atom is -0.312 e. The maximum atomic E-state index is 14.2. The topological polar surface area (TPSA) is 44.1 Å². The van der Waals surface area contributed by atoms with Gasteiger partial charge in [-0.2, -0.15) is 5.26 Å². The smallest absolute Gasteiger partial charge is 0.237 e. The number of anilines is 1. The van der Waals surface area contributed by atoms with Gasteiger partial charge in [0.25, 0.3) is 0 Å². The van der Waals surface area contributed by atoms with Crippen LogP contribution in [0.15, 0.2) is 42.5 Å². The molecule has 1 saturated carbocycles. The molecule has 5 heteroatoms. The third kappa shape index (κ3) is 2.65. The van der Waals surface area contributed by atoms with Crippen molar-refractivity contribution in [1.82, 2.24) is 0 Å². The normalized spacial score (nSPS) is 15.2. The summed E-state index contributed by atoms with van der Waals surface area (Å²) < 4.78 is 14.2. The molecular weight excluding hydrogens is 327 g/mol. The van der Waals surface area contributed by atoms with E-state index >= 15 is 0 Å². The molecule has 1 aliphatic carbocycles. The molecule has 0 radical (unpaired) electrons. The van der Waals surface area contributed by atoms with E-state index in [9.17, 15) is 9.18 Å². The summed E-state index contributed by atoms with van der Waals surface area (Å²) in [4.78, 5) is 14.5. The van der Waals surface area contributed by atoms with Crippen molar-refractivity contribution in [2.45, 2.75) is 24.7 Å². The molecule has 0 unspecified atom stereocenters. The maximum Gasteiger partial charge on any atom is 0.237 e. The van der Waals surface area contributed by atoms with E-state index in [0.29, 0.717) is 18.4 Å². The Morgan fingerprint density at radius 3 is 2.62 bits per heavy atom. The molecule has 0 saturated heterocycles. The van der Waals surface area contributed by atoms with E-state index in [0.717, 1.165) is 12.0 Å². The second kappa shape index (κ2) is 6.26. The quantitative estimate of drug-likeness (QED) is 0.828. The molecule has 0 aliphatic heterocycles. The Hall–Kier alpha value is -2.38. The Morgan fingerprint density at radius 2 is 2.04 bits per heavy atom. The number of nitriles is 1. The fourth-order valence-electron chi connectivity index (χ4n) is 3.23. The summed E-state index contributed by atoms with van der Waals surface area (Å²) in [5, 5.41) is 9.39. The minimum absolute atomic E-state index is 0.162. The lowest BCUT2D eigenvalue weighted by Gasteiger charge is -2.43. The van der Waals surface area contributed by atoms with Gasteiger partial charge in [0.2, 0.25) is 5.91 Å². The summed E-state index contributed by atoms with van der Waals surface area (Å²) in [6.07, 6.45) is 2.32. The molecule has 3 rings (SSSR count). The number of amides is 1. The second-order valence-corrected chi connectivity index (χ2v) is 6.52. The lowest BCUT2D eigenvalue weighted by molar-refractivity contribution is -0.126. The molecule has 1 fully saturated rings. The Labute approximate surface area is 145 Å². The number of likely N-dealkylation sites (N-methyl/N-ethyl adjacent to an activating group) is 1. The first kappa shape index (κ1) is 16.5. The molecule has 2 aromatic rings. The highest BCUT2D eigenvalue weighted by molar-refractivity contribution is 6.30. The van der Waals surface area contributed by atoms with Gasteiger partial charge in [-0.25, -0.2) is 4.39 Å². The number of carbonyl (C=O) groups excluding carboxylic acids is 1. The zero-order valence-electron chi connectivity index (χ0n) is 13.2. The fourth-order valence-corrected chi connectivity index (χ4v) is 3.39. The Balaban J connectivity index is 1.98. The van der Waals surface area contributed by atoms with Crippen LogP contribution in [0, 0.1) is 17.1 Å². The summed E-state index contributed by atoms with van der Waals surface area (Å²) >= 11 is 5.78. The molecule has 24 heavy (non-hydrogen) atoms. The molecular formula is C19H16ClFN2O. The number of halogens is 2. The van der Waals surface area contributed by atoms with Crippen molar-refractivity contribution in [3.05, 3.63) is 64.4 Å². The van der Waals surface area contributed by atoms with Gasteiger partial charge in [-0.05, 0) is 48.7 Å². The molecule has 0 spiro atoms. The number of hydrogen-bond acceptors (Lipinski definition) is 2. The molecule has 0 aromatic heterocycles. The zero-order valence-corrected chi connectivity index (χ0v) is 14.0. The summed E-state index contributed by atoms with van der Waals surface area (Å²) in [6, 6.07) is 13.5. The van der Waals surface area contributed by atoms with E-state index in [-0.39, 0.29) is 16.6 Å². The number of carbonyl (C=O) groups is 1. The van der Waals surface area contributed by atoms with Crippen molar-refractivity contribution in [3.8, 4) is 6.07 Å². The minimum atomic E-state index is -0.687. The molecule has 0 N–H and O–H groups in total. The predicted molar refractivity (Wildman–Crippen MR) is 91.5 cm³/mol. The van der Waals surface area contributed by atoms with Crippen molar-refractivity contribution < 1.29 is 9.18 Å². The van der Waals surface area contributed by atoms with Crippen LogP contribution in [0.4, 0.5) is 10.1 Å². The Morgan fingerprint density at radius 1 is 1.29 bits per heavy atom. The van der Waals surface area contributed by atoms with Crippen LogP contribution in [0.2, 0.25) is 5.02 Å². The van der Waals surface area contributed by atoms with Crippen LogP contribution >= 0.6 is 11.6 Å². The molecule has 3 nitrogen and oxygen atoms in total. The van der Waals surface area contributed by atoms with Crippen LogP contribution in [-0.4, -0.2) is 13.0 Å². The van der Waals surface area contributed by atoms with Gasteiger partial charge in [-0.3, -0.25) is 4.79 Å².